The first kappa shape index (κ1) is 28.5. The monoisotopic (exact) mass is 841 g/mol. The molecule has 0 spiro atoms. The van der Waals surface area contributed by atoms with Gasteiger partial charge in [-0.25, -0.2) is 0 Å². The average Bonchev–Trinajstić information content (AvgIpc) is 3.67. The number of nitrogens with zero attached hydrogens (tertiary/aromatic N) is 8. The van der Waals surface area contributed by atoms with Gasteiger partial charge in [-0.15, -0.1) is 0 Å². The van der Waals surface area contributed by atoms with Crippen LogP contribution in [0.4, 0.5) is 0 Å². The van der Waals surface area contributed by atoms with Crippen molar-refractivity contribution in [3.8, 4) is 0 Å². The maximum Gasteiger partial charge on any atom is 0.215 e. The molecule has 0 bridgehead atoms. The summed E-state index contributed by atoms with van der Waals surface area (Å²) in [6, 6.07) is 0. The summed E-state index contributed by atoms with van der Waals surface area (Å²) in [5, 5.41) is 26.9. The van der Waals surface area contributed by atoms with Crippen LogP contribution in [0, 0.1) is 19.1 Å². The van der Waals surface area contributed by atoms with Crippen molar-refractivity contribution >= 4 is 84.5 Å². The van der Waals surface area contributed by atoms with E-state index in [0.717, 1.165) is 46.0 Å². The maximum absolute atomic E-state index is 10.3. The minimum atomic E-state index is -0.640. The number of aldehydes is 1. The Labute approximate surface area is 256 Å². The fraction of sp³-hybridized carbons (Fsp3) is 0.417. The number of allylic oxidation sites excluding steroid dienone is 1. The molecule has 3 aromatic rings. The number of hydrogen-bond acceptors (Lipinski definition) is 6. The molecule has 2 saturated carbocycles. The van der Waals surface area contributed by atoms with Gasteiger partial charge in [0.05, 0.1) is 16.0 Å². The Morgan fingerprint density at radius 2 is 1.70 bits per heavy atom. The largest absolute Gasteiger partial charge is 0.383 e. The van der Waals surface area contributed by atoms with E-state index in [1.165, 1.54) is 33.9 Å². The molecule has 0 saturated heterocycles. The number of halogens is 3. The fourth-order valence-electron chi connectivity index (χ4n) is 3.52. The maximum atomic E-state index is 10.3. The van der Waals surface area contributed by atoms with Crippen LogP contribution in [0.15, 0.2) is 47.9 Å². The Morgan fingerprint density at radius 3 is 2.14 bits per heavy atom. The molecule has 0 aromatic carbocycles. The zero-order chi connectivity index (χ0) is 26.5. The molecule has 37 heavy (non-hydrogen) atoms. The molecule has 0 radical (unpaired) electrons. The third-order valence-corrected chi connectivity index (χ3v) is 8.06. The van der Waals surface area contributed by atoms with Crippen molar-refractivity contribution in [3.63, 3.8) is 0 Å². The summed E-state index contributed by atoms with van der Waals surface area (Å²) in [4.78, 5) is 10.2. The van der Waals surface area contributed by atoms with Gasteiger partial charge in [-0.2, -0.15) is 15.3 Å². The van der Waals surface area contributed by atoms with Gasteiger partial charge in [-0.1, -0.05) is 4.68 Å². The Morgan fingerprint density at radius 1 is 1.08 bits per heavy atom. The minimum absolute atomic E-state index is 0.589. The second kappa shape index (κ2) is 13.1. The smallest absolute Gasteiger partial charge is 0.215 e. The summed E-state index contributed by atoms with van der Waals surface area (Å²) in [7, 11) is 1.86. The summed E-state index contributed by atoms with van der Waals surface area (Å²) in [5.74, 6) is 1.71. The van der Waals surface area contributed by atoms with Gasteiger partial charge in [0, 0.05) is 55.0 Å². The Bertz CT molecular complexity index is 1320. The molecule has 3 aliphatic rings. The topological polar surface area (TPSA) is 106 Å². The highest BCUT2D eigenvalue weighted by molar-refractivity contribution is 14.1. The van der Waals surface area contributed by atoms with E-state index in [4.69, 9.17) is 0 Å². The molecule has 196 valence electrons. The number of carbonyl (C=O) groups excluding carboxylic acids is 1. The van der Waals surface area contributed by atoms with E-state index in [2.05, 4.69) is 78.5 Å². The van der Waals surface area contributed by atoms with E-state index in [1.54, 1.807) is 17.1 Å². The van der Waals surface area contributed by atoms with Crippen LogP contribution in [0.5, 0.6) is 0 Å². The van der Waals surface area contributed by atoms with Crippen LogP contribution in [0.25, 0.3) is 0 Å². The second-order valence-electron chi connectivity index (χ2n) is 9.25. The van der Waals surface area contributed by atoms with Crippen molar-refractivity contribution in [1.82, 2.24) is 29.3 Å². The lowest BCUT2D eigenvalue weighted by Gasteiger charge is -2.05. The first-order chi connectivity index (χ1) is 17.7. The van der Waals surface area contributed by atoms with Crippen LogP contribution >= 0.6 is 67.8 Å². The molecule has 3 aromatic heterocycles. The van der Waals surface area contributed by atoms with E-state index in [-0.39, 0.29) is 0 Å². The zero-order valence-corrected chi connectivity index (χ0v) is 26.8. The number of hydrogen-bond donors (Lipinski definition) is 1. The number of aliphatic hydroxyl groups is 1. The molecule has 13 heteroatoms. The summed E-state index contributed by atoms with van der Waals surface area (Å²) in [6.45, 7) is 5.59. The van der Waals surface area contributed by atoms with E-state index in [9.17, 15) is 9.90 Å². The molecule has 10 nitrogen and oxygen atoms in total. The van der Waals surface area contributed by atoms with Crippen molar-refractivity contribution in [2.75, 3.05) is 0 Å². The molecule has 1 unspecified atom stereocenters. The van der Waals surface area contributed by atoms with Crippen LogP contribution in [0.1, 0.15) is 42.9 Å². The van der Waals surface area contributed by atoms with Crippen molar-refractivity contribution in [2.45, 2.75) is 44.9 Å². The molecule has 0 amide bonds. The minimum Gasteiger partial charge on any atom is -0.383 e. The standard InChI is InChI=1S/C12H15IN4O.C7H9IN2.C5H4IN2O/c1-16-7-10(12(13)15-16)11(18)9-4-14-17(6-9)5-8-2-3-8;8-7-3-9-10(5-7)4-6-1-2-6;1-8-2-4(3-9)5(6)7-8/h4,6-8,11,18H,2-3,5H2,1H3;3,5-6H,1-2,4H2;2-3H,1H2/q;;+1. The third kappa shape index (κ3) is 8.77. The van der Waals surface area contributed by atoms with Crippen LogP contribution in [-0.2, 0) is 24.9 Å². The van der Waals surface area contributed by atoms with Gasteiger partial charge >= 0.3 is 0 Å². The number of rotatable bonds is 7. The Kier molecular flexibility index (Phi) is 10.1. The van der Waals surface area contributed by atoms with Crippen molar-refractivity contribution in [1.29, 1.82) is 0 Å². The Hall–Kier alpha value is -1.47. The number of aryl methyl sites for hydroxylation is 1. The van der Waals surface area contributed by atoms with Crippen LogP contribution < -0.4 is 0 Å². The molecular weight excluding hydrogens is 813 g/mol. The van der Waals surface area contributed by atoms with Gasteiger partial charge in [-0.05, 0) is 105 Å². The molecule has 2 aliphatic carbocycles. The lowest BCUT2D eigenvalue weighted by Crippen LogP contribution is -2.01. The molecule has 6 rings (SSSR count). The molecule has 1 N–H and O–H groups in total. The zero-order valence-electron chi connectivity index (χ0n) is 20.3. The van der Waals surface area contributed by atoms with Gasteiger partial charge in [-0.3, -0.25) is 18.8 Å². The molecule has 1 aliphatic heterocycles. The first-order valence-corrected chi connectivity index (χ1v) is 15.0. The summed E-state index contributed by atoms with van der Waals surface area (Å²) >= 11 is 6.40. The van der Waals surface area contributed by atoms with Crippen LogP contribution in [-0.4, -0.2) is 55.9 Å². The number of hydrazone groups is 1. The molecule has 2 fully saturated rings. The van der Waals surface area contributed by atoms with E-state index in [0.29, 0.717) is 9.29 Å². The highest BCUT2D eigenvalue weighted by atomic mass is 127. The molecule has 1 atom stereocenters. The highest BCUT2D eigenvalue weighted by Gasteiger charge is 2.24. The fourth-order valence-corrected chi connectivity index (χ4v) is 5.29. The average molecular weight is 841 g/mol. The van der Waals surface area contributed by atoms with Crippen molar-refractivity contribution < 1.29 is 14.6 Å². The summed E-state index contributed by atoms with van der Waals surface area (Å²) in [5.41, 5.74) is 2.26. The van der Waals surface area contributed by atoms with Gasteiger partial charge in [0.1, 0.15) is 15.4 Å². The van der Waals surface area contributed by atoms with Crippen LogP contribution in [0.3, 0.4) is 0 Å². The number of aromatic nitrogens is 6. The Balaban J connectivity index is 0.000000143. The van der Waals surface area contributed by atoms with Gasteiger partial charge in [0.15, 0.2) is 16.7 Å². The number of aliphatic hydroxyl groups excluding tert-OH is 1. The highest BCUT2D eigenvalue weighted by Crippen LogP contribution is 2.31. The van der Waals surface area contributed by atoms with Crippen LogP contribution in [0.2, 0.25) is 0 Å². The first-order valence-electron chi connectivity index (χ1n) is 11.8. The van der Waals surface area contributed by atoms with E-state index in [1.807, 2.05) is 57.6 Å². The SMILES string of the molecule is C=[N+]1C=C(C=O)C(I)=N1.Cn1cc(C(O)c2cnn(CC3CC3)c2)c(I)n1.Ic1cnn(CC2CC2)c1. The van der Waals surface area contributed by atoms with Gasteiger partial charge < -0.3 is 5.11 Å². The van der Waals surface area contributed by atoms with Crippen molar-refractivity contribution in [2.24, 2.45) is 24.0 Å². The lowest BCUT2D eigenvalue weighted by atomic mass is 10.1. The third-order valence-electron chi connectivity index (χ3n) is 5.83. The number of carbonyl (C=O) groups is 1. The van der Waals surface area contributed by atoms with Gasteiger partial charge in [0.2, 0.25) is 6.20 Å². The quantitative estimate of drug-likeness (QED) is 0.219. The summed E-state index contributed by atoms with van der Waals surface area (Å²) < 4.78 is 9.81. The van der Waals surface area contributed by atoms with E-state index >= 15 is 0 Å². The summed E-state index contributed by atoms with van der Waals surface area (Å²) in [6.07, 6.45) is 16.6. The molecule has 4 heterocycles. The second-order valence-corrected chi connectivity index (χ2v) is 12.5. The molecular formula is C24H28I3N8O2+. The normalized spacial score (nSPS) is 17.3. The van der Waals surface area contributed by atoms with E-state index < -0.39 is 6.10 Å². The predicted molar refractivity (Wildman–Crippen MR) is 166 cm³/mol. The predicted octanol–water partition coefficient (Wildman–Crippen LogP) is 4.16. The lowest BCUT2D eigenvalue weighted by molar-refractivity contribution is -0.448. The van der Waals surface area contributed by atoms with Crippen molar-refractivity contribution in [3.05, 3.63) is 61.2 Å². The van der Waals surface area contributed by atoms with Gasteiger partial charge in [0.25, 0.3) is 0 Å².